The molecule has 0 aliphatic rings. The molecule has 0 spiro atoms. The second-order valence-electron chi connectivity index (χ2n) is 4.11. The summed E-state index contributed by atoms with van der Waals surface area (Å²) in [6.45, 7) is 9.06. The molecule has 88 valence electrons. The van der Waals surface area contributed by atoms with Gasteiger partial charge in [-0.2, -0.15) is 0 Å². The molecule has 0 aliphatic carbocycles. The number of hydrogen-bond acceptors (Lipinski definition) is 3. The molecule has 2 aromatic rings. The predicted octanol–water partition coefficient (Wildman–Crippen LogP) is 2.86. The minimum absolute atomic E-state index is 0.139. The van der Waals surface area contributed by atoms with Crippen LogP contribution in [0.4, 0.5) is 0 Å². The van der Waals surface area contributed by atoms with E-state index in [9.17, 15) is 0 Å². The Kier molecular flexibility index (Phi) is 3.49. The van der Waals surface area contributed by atoms with Gasteiger partial charge in [0.2, 0.25) is 0 Å². The SMILES string of the molecule is C=C(C)C(NCC)c1cccc2nccnc12. The second-order valence-corrected chi connectivity index (χ2v) is 4.11. The van der Waals surface area contributed by atoms with E-state index in [1.807, 2.05) is 19.1 Å². The van der Waals surface area contributed by atoms with Crippen molar-refractivity contribution in [1.82, 2.24) is 15.3 Å². The average molecular weight is 227 g/mol. The van der Waals surface area contributed by atoms with Crippen LogP contribution in [0.5, 0.6) is 0 Å². The summed E-state index contributed by atoms with van der Waals surface area (Å²) in [5, 5.41) is 3.42. The first-order valence-electron chi connectivity index (χ1n) is 5.82. The Morgan fingerprint density at radius 3 is 2.82 bits per heavy atom. The zero-order valence-corrected chi connectivity index (χ0v) is 10.3. The van der Waals surface area contributed by atoms with E-state index in [0.717, 1.165) is 28.7 Å². The van der Waals surface area contributed by atoms with Crippen molar-refractivity contribution >= 4 is 11.0 Å². The van der Waals surface area contributed by atoms with Gasteiger partial charge >= 0.3 is 0 Å². The summed E-state index contributed by atoms with van der Waals surface area (Å²) in [7, 11) is 0. The number of aromatic nitrogens is 2. The van der Waals surface area contributed by atoms with Crippen LogP contribution in [-0.2, 0) is 0 Å². The van der Waals surface area contributed by atoms with Gasteiger partial charge in [-0.25, -0.2) is 0 Å². The van der Waals surface area contributed by atoms with Gasteiger partial charge in [-0.3, -0.25) is 9.97 Å². The van der Waals surface area contributed by atoms with Gasteiger partial charge in [0.25, 0.3) is 0 Å². The molecule has 1 atom stereocenters. The lowest BCUT2D eigenvalue weighted by Gasteiger charge is -2.19. The zero-order valence-electron chi connectivity index (χ0n) is 10.3. The van der Waals surface area contributed by atoms with Crippen LogP contribution in [0.1, 0.15) is 25.5 Å². The highest BCUT2D eigenvalue weighted by atomic mass is 14.9. The normalized spacial score (nSPS) is 12.6. The Morgan fingerprint density at radius 1 is 1.35 bits per heavy atom. The summed E-state index contributed by atoms with van der Waals surface area (Å²) in [5.41, 5.74) is 4.10. The van der Waals surface area contributed by atoms with E-state index < -0.39 is 0 Å². The molecule has 3 heteroatoms. The quantitative estimate of drug-likeness (QED) is 0.816. The Labute approximate surface area is 102 Å². The maximum absolute atomic E-state index is 4.42. The molecule has 0 amide bonds. The van der Waals surface area contributed by atoms with Crippen molar-refractivity contribution in [3.63, 3.8) is 0 Å². The van der Waals surface area contributed by atoms with E-state index in [4.69, 9.17) is 0 Å². The van der Waals surface area contributed by atoms with Gasteiger partial charge in [0.1, 0.15) is 0 Å². The number of para-hydroxylation sites is 1. The van der Waals surface area contributed by atoms with E-state index in [2.05, 4.69) is 34.9 Å². The van der Waals surface area contributed by atoms with Gasteiger partial charge in [0.15, 0.2) is 0 Å². The van der Waals surface area contributed by atoms with Crippen molar-refractivity contribution in [2.75, 3.05) is 6.54 Å². The molecule has 1 aromatic heterocycles. The molecule has 3 nitrogen and oxygen atoms in total. The van der Waals surface area contributed by atoms with Crippen LogP contribution < -0.4 is 5.32 Å². The molecule has 2 rings (SSSR count). The molecule has 17 heavy (non-hydrogen) atoms. The van der Waals surface area contributed by atoms with E-state index in [-0.39, 0.29) is 6.04 Å². The second kappa shape index (κ2) is 5.06. The molecule has 0 saturated heterocycles. The van der Waals surface area contributed by atoms with Crippen LogP contribution in [-0.4, -0.2) is 16.5 Å². The molecular weight excluding hydrogens is 210 g/mol. The summed E-state index contributed by atoms with van der Waals surface area (Å²) in [5.74, 6) is 0. The monoisotopic (exact) mass is 227 g/mol. The number of hydrogen-bond donors (Lipinski definition) is 1. The molecular formula is C14H17N3. The van der Waals surface area contributed by atoms with Gasteiger partial charge in [0.05, 0.1) is 17.1 Å². The van der Waals surface area contributed by atoms with Crippen molar-refractivity contribution in [3.8, 4) is 0 Å². The lowest BCUT2D eigenvalue weighted by Crippen LogP contribution is -2.22. The molecule has 0 aliphatic heterocycles. The first-order valence-corrected chi connectivity index (χ1v) is 5.82. The maximum Gasteiger partial charge on any atom is 0.0937 e. The van der Waals surface area contributed by atoms with Gasteiger partial charge in [-0.1, -0.05) is 31.2 Å². The fourth-order valence-electron chi connectivity index (χ4n) is 2.00. The topological polar surface area (TPSA) is 37.8 Å². The number of nitrogens with zero attached hydrogens (tertiary/aromatic N) is 2. The highest BCUT2D eigenvalue weighted by Crippen LogP contribution is 2.25. The fourth-order valence-corrected chi connectivity index (χ4v) is 2.00. The molecule has 0 fully saturated rings. The Bertz CT molecular complexity index is 528. The molecule has 0 bridgehead atoms. The number of nitrogens with one attached hydrogen (secondary N) is 1. The zero-order chi connectivity index (χ0) is 12.3. The molecule has 1 aromatic carbocycles. The van der Waals surface area contributed by atoms with E-state index in [1.165, 1.54) is 0 Å². The number of fused-ring (bicyclic) bond motifs is 1. The van der Waals surface area contributed by atoms with Crippen molar-refractivity contribution in [1.29, 1.82) is 0 Å². The lowest BCUT2D eigenvalue weighted by atomic mass is 9.99. The van der Waals surface area contributed by atoms with E-state index in [0.29, 0.717) is 0 Å². The smallest absolute Gasteiger partial charge is 0.0937 e. The minimum Gasteiger partial charge on any atom is -0.307 e. The summed E-state index contributed by atoms with van der Waals surface area (Å²) < 4.78 is 0. The predicted molar refractivity (Wildman–Crippen MR) is 70.8 cm³/mol. The van der Waals surface area contributed by atoms with Crippen LogP contribution in [0.15, 0.2) is 42.7 Å². The van der Waals surface area contributed by atoms with Crippen LogP contribution >= 0.6 is 0 Å². The highest BCUT2D eigenvalue weighted by molar-refractivity contribution is 5.78. The van der Waals surface area contributed by atoms with Gasteiger partial charge in [-0.05, 0) is 19.5 Å². The standard InChI is InChI=1S/C14H17N3/c1-4-15-13(10(2)3)11-6-5-7-12-14(11)17-9-8-16-12/h5-9,13,15H,2,4H2,1,3H3. The molecule has 1 N–H and O–H groups in total. The Balaban J connectivity index is 2.56. The van der Waals surface area contributed by atoms with Crippen molar-refractivity contribution in [2.45, 2.75) is 19.9 Å². The van der Waals surface area contributed by atoms with Crippen LogP contribution in [0, 0.1) is 0 Å². The fraction of sp³-hybridized carbons (Fsp3) is 0.286. The minimum atomic E-state index is 0.139. The summed E-state index contributed by atoms with van der Waals surface area (Å²) in [4.78, 5) is 8.75. The first kappa shape index (κ1) is 11.7. The first-order chi connectivity index (χ1) is 8.24. The largest absolute Gasteiger partial charge is 0.307 e. The summed E-state index contributed by atoms with van der Waals surface area (Å²) in [6.07, 6.45) is 3.45. The van der Waals surface area contributed by atoms with Gasteiger partial charge in [0, 0.05) is 18.0 Å². The Morgan fingerprint density at radius 2 is 2.12 bits per heavy atom. The van der Waals surface area contributed by atoms with E-state index in [1.54, 1.807) is 12.4 Å². The van der Waals surface area contributed by atoms with Crippen molar-refractivity contribution in [3.05, 3.63) is 48.3 Å². The van der Waals surface area contributed by atoms with Crippen molar-refractivity contribution < 1.29 is 0 Å². The third-order valence-corrected chi connectivity index (χ3v) is 2.74. The van der Waals surface area contributed by atoms with Crippen LogP contribution in [0.25, 0.3) is 11.0 Å². The number of rotatable bonds is 4. The molecule has 1 heterocycles. The van der Waals surface area contributed by atoms with Gasteiger partial charge in [-0.15, -0.1) is 0 Å². The highest BCUT2D eigenvalue weighted by Gasteiger charge is 2.14. The lowest BCUT2D eigenvalue weighted by molar-refractivity contribution is 0.624. The molecule has 1 unspecified atom stereocenters. The third kappa shape index (κ3) is 2.34. The maximum atomic E-state index is 4.42. The molecule has 0 saturated carbocycles. The average Bonchev–Trinajstić information content (AvgIpc) is 2.35. The molecule has 0 radical (unpaired) electrons. The Hall–Kier alpha value is -1.74. The van der Waals surface area contributed by atoms with Crippen molar-refractivity contribution in [2.24, 2.45) is 0 Å². The number of benzene rings is 1. The van der Waals surface area contributed by atoms with Crippen LogP contribution in [0.2, 0.25) is 0 Å². The van der Waals surface area contributed by atoms with E-state index >= 15 is 0 Å². The third-order valence-electron chi connectivity index (χ3n) is 2.74. The summed E-state index contributed by atoms with van der Waals surface area (Å²) >= 11 is 0. The van der Waals surface area contributed by atoms with Crippen LogP contribution in [0.3, 0.4) is 0 Å². The van der Waals surface area contributed by atoms with Gasteiger partial charge < -0.3 is 5.32 Å². The number of likely N-dealkylation sites (N-methyl/N-ethyl adjacent to an activating group) is 1. The summed E-state index contributed by atoms with van der Waals surface area (Å²) in [6, 6.07) is 6.21.